The van der Waals surface area contributed by atoms with Crippen molar-refractivity contribution >= 4 is 5.91 Å². The molecule has 2 aromatic rings. The van der Waals surface area contributed by atoms with Gasteiger partial charge in [-0.25, -0.2) is 0 Å². The molecule has 3 aliphatic rings. The first-order valence-electron chi connectivity index (χ1n) is 11.4. The van der Waals surface area contributed by atoms with Crippen LogP contribution in [0.1, 0.15) is 68.5 Å². The van der Waals surface area contributed by atoms with Gasteiger partial charge in [-0.1, -0.05) is 55.0 Å². The quantitative estimate of drug-likeness (QED) is 0.775. The standard InChI is InChI=1S/C26H31NO3/c28-24(26(15-17-29-18-16-26)20-9-3-1-4-10-20)27-22-19-25(13-7-2-8-14-25)30-23-12-6-5-11-21(22)23/h1,3-6,9-12,22H,2,7-8,13-19H2,(H,27,28). The van der Waals surface area contributed by atoms with Crippen molar-refractivity contribution < 1.29 is 14.3 Å². The molecule has 1 saturated carbocycles. The lowest BCUT2D eigenvalue weighted by atomic mass is 9.72. The van der Waals surface area contributed by atoms with Crippen molar-refractivity contribution in [1.29, 1.82) is 0 Å². The number of benzene rings is 2. The number of rotatable bonds is 3. The summed E-state index contributed by atoms with van der Waals surface area (Å²) in [4.78, 5) is 13.9. The highest BCUT2D eigenvalue weighted by Crippen LogP contribution is 2.46. The molecule has 158 valence electrons. The second kappa shape index (κ2) is 8.07. The lowest BCUT2D eigenvalue weighted by Crippen LogP contribution is -2.52. The minimum atomic E-state index is -0.521. The summed E-state index contributed by atoms with van der Waals surface area (Å²) in [6, 6.07) is 18.5. The zero-order valence-corrected chi connectivity index (χ0v) is 17.6. The second-order valence-electron chi connectivity index (χ2n) is 9.17. The zero-order valence-electron chi connectivity index (χ0n) is 17.6. The lowest BCUT2D eigenvalue weighted by molar-refractivity contribution is -0.132. The topological polar surface area (TPSA) is 47.6 Å². The van der Waals surface area contributed by atoms with Gasteiger partial charge in [0.15, 0.2) is 0 Å². The van der Waals surface area contributed by atoms with Gasteiger partial charge < -0.3 is 14.8 Å². The molecule has 0 bridgehead atoms. The van der Waals surface area contributed by atoms with Crippen molar-refractivity contribution in [2.45, 2.75) is 68.4 Å². The van der Waals surface area contributed by atoms with Gasteiger partial charge in [0.25, 0.3) is 0 Å². The molecule has 2 fully saturated rings. The SMILES string of the molecule is O=C(NC1CC2(CCCCC2)Oc2ccccc21)C1(c2ccccc2)CCOCC1. The van der Waals surface area contributed by atoms with Crippen molar-refractivity contribution in [3.63, 3.8) is 0 Å². The largest absolute Gasteiger partial charge is 0.487 e. The van der Waals surface area contributed by atoms with Gasteiger partial charge in [-0.05, 0) is 50.2 Å². The Balaban J connectivity index is 1.46. The maximum absolute atomic E-state index is 13.9. The molecule has 1 N–H and O–H groups in total. The molecule has 4 nitrogen and oxygen atoms in total. The molecule has 2 heterocycles. The van der Waals surface area contributed by atoms with E-state index in [-0.39, 0.29) is 17.6 Å². The molecule has 1 unspecified atom stereocenters. The summed E-state index contributed by atoms with van der Waals surface area (Å²) >= 11 is 0. The molecule has 2 aliphatic heterocycles. The predicted octanol–water partition coefficient (Wildman–Crippen LogP) is 5.08. The fourth-order valence-corrected chi connectivity index (χ4v) is 5.67. The smallest absolute Gasteiger partial charge is 0.231 e. The summed E-state index contributed by atoms with van der Waals surface area (Å²) in [5, 5.41) is 3.48. The summed E-state index contributed by atoms with van der Waals surface area (Å²) in [5.74, 6) is 1.07. The van der Waals surface area contributed by atoms with Gasteiger partial charge in [0.05, 0.1) is 11.5 Å². The lowest BCUT2D eigenvalue weighted by Gasteiger charge is -2.45. The minimum absolute atomic E-state index is 0.0102. The Hall–Kier alpha value is -2.33. The summed E-state index contributed by atoms with van der Waals surface area (Å²) in [6.07, 6.45) is 8.13. The molecular formula is C26H31NO3. The molecule has 30 heavy (non-hydrogen) atoms. The Bertz CT molecular complexity index is 882. The maximum atomic E-state index is 13.9. The van der Waals surface area contributed by atoms with Gasteiger partial charge in [0.2, 0.25) is 5.91 Å². The van der Waals surface area contributed by atoms with Crippen molar-refractivity contribution in [2.75, 3.05) is 13.2 Å². The third kappa shape index (κ3) is 3.51. The number of carbonyl (C=O) groups is 1. The van der Waals surface area contributed by atoms with Crippen LogP contribution in [-0.4, -0.2) is 24.7 Å². The predicted molar refractivity (Wildman–Crippen MR) is 117 cm³/mol. The van der Waals surface area contributed by atoms with E-state index in [2.05, 4.69) is 29.6 Å². The third-order valence-corrected chi connectivity index (χ3v) is 7.37. The average Bonchev–Trinajstić information content (AvgIpc) is 2.80. The van der Waals surface area contributed by atoms with Crippen LogP contribution in [0, 0.1) is 0 Å². The monoisotopic (exact) mass is 405 g/mol. The van der Waals surface area contributed by atoms with E-state index in [1.807, 2.05) is 30.3 Å². The number of carbonyl (C=O) groups excluding carboxylic acids is 1. The van der Waals surface area contributed by atoms with E-state index in [0.717, 1.165) is 49.0 Å². The molecular weight excluding hydrogens is 374 g/mol. The minimum Gasteiger partial charge on any atom is -0.487 e. The van der Waals surface area contributed by atoms with Crippen LogP contribution in [0.2, 0.25) is 0 Å². The van der Waals surface area contributed by atoms with Crippen LogP contribution >= 0.6 is 0 Å². The summed E-state index contributed by atoms with van der Waals surface area (Å²) in [5.41, 5.74) is 1.54. The molecule has 0 aromatic heterocycles. The fraction of sp³-hybridized carbons (Fsp3) is 0.500. The second-order valence-corrected chi connectivity index (χ2v) is 9.17. The maximum Gasteiger partial charge on any atom is 0.231 e. The molecule has 5 rings (SSSR count). The number of para-hydroxylation sites is 1. The van der Waals surface area contributed by atoms with Crippen LogP contribution in [0.4, 0.5) is 0 Å². The van der Waals surface area contributed by atoms with Crippen LogP contribution in [0.25, 0.3) is 0 Å². The number of fused-ring (bicyclic) bond motifs is 1. The van der Waals surface area contributed by atoms with Crippen molar-refractivity contribution in [2.24, 2.45) is 0 Å². The number of hydrogen-bond acceptors (Lipinski definition) is 3. The van der Waals surface area contributed by atoms with Gasteiger partial charge >= 0.3 is 0 Å². The van der Waals surface area contributed by atoms with Gasteiger partial charge in [-0.3, -0.25) is 4.79 Å². The zero-order chi connectivity index (χ0) is 20.4. The molecule has 1 amide bonds. The summed E-state index contributed by atoms with van der Waals surface area (Å²) in [6.45, 7) is 1.24. The summed E-state index contributed by atoms with van der Waals surface area (Å²) < 4.78 is 12.2. The molecule has 1 atom stereocenters. The molecule has 4 heteroatoms. The highest BCUT2D eigenvalue weighted by molar-refractivity contribution is 5.88. The third-order valence-electron chi connectivity index (χ3n) is 7.37. The van der Waals surface area contributed by atoms with E-state index >= 15 is 0 Å². The van der Waals surface area contributed by atoms with Gasteiger partial charge in [-0.15, -0.1) is 0 Å². The molecule has 1 spiro atoms. The average molecular weight is 406 g/mol. The van der Waals surface area contributed by atoms with Crippen LogP contribution in [0.5, 0.6) is 5.75 Å². The van der Waals surface area contributed by atoms with Crippen LogP contribution < -0.4 is 10.1 Å². The Morgan fingerprint density at radius 1 is 0.867 bits per heavy atom. The van der Waals surface area contributed by atoms with E-state index in [0.29, 0.717) is 13.2 Å². The first-order chi connectivity index (χ1) is 14.7. The van der Waals surface area contributed by atoms with Crippen LogP contribution in [0.15, 0.2) is 54.6 Å². The molecule has 0 radical (unpaired) electrons. The van der Waals surface area contributed by atoms with E-state index < -0.39 is 5.41 Å². The normalized spacial score (nSPS) is 24.5. The van der Waals surface area contributed by atoms with Gasteiger partial charge in [0, 0.05) is 25.2 Å². The highest BCUT2D eigenvalue weighted by Gasteiger charge is 2.46. The van der Waals surface area contributed by atoms with Crippen molar-refractivity contribution in [3.8, 4) is 5.75 Å². The summed E-state index contributed by atoms with van der Waals surface area (Å²) in [7, 11) is 0. The number of ether oxygens (including phenoxy) is 2. The van der Waals surface area contributed by atoms with E-state index in [1.165, 1.54) is 19.3 Å². The Kier molecular flexibility index (Phi) is 5.28. The van der Waals surface area contributed by atoms with E-state index in [1.54, 1.807) is 0 Å². The Labute approximate surface area is 179 Å². The number of nitrogens with one attached hydrogen (secondary N) is 1. The van der Waals surface area contributed by atoms with E-state index in [4.69, 9.17) is 9.47 Å². The van der Waals surface area contributed by atoms with Crippen molar-refractivity contribution in [3.05, 3.63) is 65.7 Å². The van der Waals surface area contributed by atoms with Crippen LogP contribution in [0.3, 0.4) is 0 Å². The van der Waals surface area contributed by atoms with E-state index in [9.17, 15) is 4.79 Å². The fourth-order valence-electron chi connectivity index (χ4n) is 5.67. The first-order valence-corrected chi connectivity index (χ1v) is 11.4. The molecule has 2 aromatic carbocycles. The number of hydrogen-bond donors (Lipinski definition) is 1. The number of amides is 1. The van der Waals surface area contributed by atoms with Crippen molar-refractivity contribution in [1.82, 2.24) is 5.32 Å². The molecule has 1 aliphatic carbocycles. The Morgan fingerprint density at radius 3 is 2.33 bits per heavy atom. The van der Waals surface area contributed by atoms with Gasteiger partial charge in [0.1, 0.15) is 11.4 Å². The first kappa shape index (κ1) is 19.6. The van der Waals surface area contributed by atoms with Crippen LogP contribution in [-0.2, 0) is 14.9 Å². The molecule has 1 saturated heterocycles. The van der Waals surface area contributed by atoms with Gasteiger partial charge in [-0.2, -0.15) is 0 Å². The Morgan fingerprint density at radius 2 is 1.57 bits per heavy atom. The highest BCUT2D eigenvalue weighted by atomic mass is 16.5.